The van der Waals surface area contributed by atoms with Gasteiger partial charge in [0.1, 0.15) is 0 Å². The number of ether oxygens (including phenoxy) is 1. The molecular formula is C21H19N3O5. The van der Waals surface area contributed by atoms with E-state index >= 15 is 0 Å². The van der Waals surface area contributed by atoms with Gasteiger partial charge in [-0.1, -0.05) is 18.2 Å². The van der Waals surface area contributed by atoms with Crippen LogP contribution in [0.3, 0.4) is 0 Å². The molecule has 0 fully saturated rings. The number of hydrogen-bond donors (Lipinski definition) is 0. The van der Waals surface area contributed by atoms with Crippen LogP contribution in [0, 0.1) is 10.1 Å². The van der Waals surface area contributed by atoms with Crippen molar-refractivity contribution in [3.8, 4) is 11.5 Å². The summed E-state index contributed by atoms with van der Waals surface area (Å²) in [6.07, 6.45) is 2.80. The molecule has 29 heavy (non-hydrogen) atoms. The molecule has 0 unspecified atom stereocenters. The Morgan fingerprint density at radius 3 is 2.69 bits per heavy atom. The average Bonchev–Trinajstić information content (AvgIpc) is 3.37. The molecule has 0 saturated heterocycles. The number of hydrogen-bond acceptors (Lipinski definition) is 7. The van der Waals surface area contributed by atoms with Crippen molar-refractivity contribution in [2.45, 2.75) is 38.7 Å². The second-order valence-corrected chi connectivity index (χ2v) is 7.01. The minimum absolute atomic E-state index is 0.0256. The van der Waals surface area contributed by atoms with E-state index in [-0.39, 0.29) is 29.9 Å². The van der Waals surface area contributed by atoms with Gasteiger partial charge in [-0.3, -0.25) is 14.9 Å². The maximum absolute atomic E-state index is 12.3. The molecule has 148 valence electrons. The first-order valence-electron chi connectivity index (χ1n) is 9.38. The van der Waals surface area contributed by atoms with Crippen molar-refractivity contribution in [1.82, 2.24) is 10.2 Å². The van der Waals surface area contributed by atoms with Crippen molar-refractivity contribution in [1.29, 1.82) is 0 Å². The molecule has 1 heterocycles. The van der Waals surface area contributed by atoms with E-state index in [1.807, 2.05) is 6.07 Å². The predicted molar refractivity (Wildman–Crippen MR) is 103 cm³/mol. The molecule has 1 atom stereocenters. The third kappa shape index (κ3) is 4.16. The van der Waals surface area contributed by atoms with Gasteiger partial charge >= 0.3 is 5.97 Å². The molecule has 0 N–H and O–H groups in total. The summed E-state index contributed by atoms with van der Waals surface area (Å²) >= 11 is 0. The normalized spacial score (nSPS) is 13.7. The van der Waals surface area contributed by atoms with Crippen LogP contribution in [0.4, 0.5) is 5.69 Å². The third-order valence-corrected chi connectivity index (χ3v) is 4.93. The lowest BCUT2D eigenvalue weighted by Gasteiger charge is -2.10. The van der Waals surface area contributed by atoms with Crippen LogP contribution in [0.25, 0.3) is 11.5 Å². The fourth-order valence-corrected chi connectivity index (χ4v) is 3.43. The number of nitrogens with zero attached hydrogens (tertiary/aromatic N) is 3. The van der Waals surface area contributed by atoms with Crippen molar-refractivity contribution < 1.29 is 18.9 Å². The Labute approximate surface area is 166 Å². The number of benzene rings is 2. The Hall–Kier alpha value is -3.55. The summed E-state index contributed by atoms with van der Waals surface area (Å²) in [7, 11) is 0. The zero-order valence-electron chi connectivity index (χ0n) is 15.8. The van der Waals surface area contributed by atoms with Crippen LogP contribution in [0.1, 0.15) is 42.0 Å². The van der Waals surface area contributed by atoms with E-state index in [4.69, 9.17) is 9.15 Å². The first-order chi connectivity index (χ1) is 14.0. The summed E-state index contributed by atoms with van der Waals surface area (Å²) in [5.41, 5.74) is 4.13. The Bertz CT molecular complexity index is 1060. The number of esters is 1. The van der Waals surface area contributed by atoms with Crippen LogP contribution in [-0.2, 0) is 28.8 Å². The molecule has 8 nitrogen and oxygen atoms in total. The summed E-state index contributed by atoms with van der Waals surface area (Å²) < 4.78 is 11.0. The van der Waals surface area contributed by atoms with Crippen LogP contribution >= 0.6 is 0 Å². The predicted octanol–water partition coefficient (Wildman–Crippen LogP) is 3.98. The molecule has 8 heteroatoms. The Balaban J connectivity index is 1.39. The highest BCUT2D eigenvalue weighted by molar-refractivity contribution is 5.73. The van der Waals surface area contributed by atoms with E-state index in [0.717, 1.165) is 24.8 Å². The number of non-ortho nitro benzene ring substituents is 1. The molecule has 0 bridgehead atoms. The third-order valence-electron chi connectivity index (χ3n) is 4.93. The molecule has 0 saturated carbocycles. The van der Waals surface area contributed by atoms with Gasteiger partial charge in [0.15, 0.2) is 6.10 Å². The van der Waals surface area contributed by atoms with Gasteiger partial charge in [-0.05, 0) is 55.0 Å². The molecule has 0 spiro atoms. The molecular weight excluding hydrogens is 374 g/mol. The molecule has 1 aliphatic carbocycles. The van der Waals surface area contributed by atoms with Crippen molar-refractivity contribution in [2.24, 2.45) is 0 Å². The highest BCUT2D eigenvalue weighted by Gasteiger charge is 2.20. The van der Waals surface area contributed by atoms with Gasteiger partial charge in [0.2, 0.25) is 5.89 Å². The number of fused-ring (bicyclic) bond motifs is 1. The van der Waals surface area contributed by atoms with E-state index < -0.39 is 11.0 Å². The topological polar surface area (TPSA) is 108 Å². The summed E-state index contributed by atoms with van der Waals surface area (Å²) in [6.45, 7) is 1.66. The maximum Gasteiger partial charge on any atom is 0.311 e. The standard InChI is InChI=1S/C21H19N3O5/c1-13(28-19(25)12-14-5-6-15-3-2-4-17(15)11-14)20-22-23-21(29-20)16-7-9-18(10-8-16)24(26)27/h5-11,13H,2-4,12H2,1H3/t13-/m1/s1. The van der Waals surface area contributed by atoms with E-state index in [0.29, 0.717) is 5.56 Å². The van der Waals surface area contributed by atoms with Crippen molar-refractivity contribution in [2.75, 3.05) is 0 Å². The van der Waals surface area contributed by atoms with Gasteiger partial charge < -0.3 is 9.15 Å². The van der Waals surface area contributed by atoms with Gasteiger partial charge in [-0.2, -0.15) is 0 Å². The fourth-order valence-electron chi connectivity index (χ4n) is 3.43. The van der Waals surface area contributed by atoms with Gasteiger partial charge in [0.05, 0.1) is 11.3 Å². The minimum atomic E-state index is -0.698. The number of nitro groups is 1. The molecule has 1 aromatic heterocycles. The molecule has 0 radical (unpaired) electrons. The smallest absolute Gasteiger partial charge is 0.311 e. The summed E-state index contributed by atoms with van der Waals surface area (Å²) in [6, 6.07) is 11.9. The zero-order chi connectivity index (χ0) is 20.4. The largest absolute Gasteiger partial charge is 0.452 e. The summed E-state index contributed by atoms with van der Waals surface area (Å²) in [5.74, 6) is 0.00241. The molecule has 3 aromatic rings. The number of aromatic nitrogens is 2. The lowest BCUT2D eigenvalue weighted by atomic mass is 10.0. The van der Waals surface area contributed by atoms with E-state index in [9.17, 15) is 14.9 Å². The lowest BCUT2D eigenvalue weighted by molar-refractivity contribution is -0.384. The van der Waals surface area contributed by atoms with Crippen molar-refractivity contribution in [3.05, 3.63) is 75.2 Å². The highest BCUT2D eigenvalue weighted by atomic mass is 16.6. The molecule has 0 amide bonds. The molecule has 0 aliphatic heterocycles. The van der Waals surface area contributed by atoms with Gasteiger partial charge in [0, 0.05) is 17.7 Å². The monoisotopic (exact) mass is 393 g/mol. The van der Waals surface area contributed by atoms with Crippen LogP contribution in [0.5, 0.6) is 0 Å². The van der Waals surface area contributed by atoms with Crippen LogP contribution in [-0.4, -0.2) is 21.1 Å². The molecule has 2 aromatic carbocycles. The summed E-state index contributed by atoms with van der Waals surface area (Å²) in [5, 5.41) is 18.6. The maximum atomic E-state index is 12.3. The number of nitro benzene ring substituents is 1. The van der Waals surface area contributed by atoms with Crippen LogP contribution < -0.4 is 0 Å². The first-order valence-corrected chi connectivity index (χ1v) is 9.38. The Morgan fingerprint density at radius 2 is 1.93 bits per heavy atom. The Morgan fingerprint density at radius 1 is 1.17 bits per heavy atom. The number of rotatable bonds is 6. The lowest BCUT2D eigenvalue weighted by Crippen LogP contribution is -2.12. The quantitative estimate of drug-likeness (QED) is 0.354. The number of carbonyl (C=O) groups is 1. The van der Waals surface area contributed by atoms with Crippen molar-refractivity contribution >= 4 is 11.7 Å². The first kappa shape index (κ1) is 18.8. The van der Waals surface area contributed by atoms with Crippen LogP contribution in [0.15, 0.2) is 46.9 Å². The van der Waals surface area contributed by atoms with Gasteiger partial charge in [-0.15, -0.1) is 10.2 Å². The van der Waals surface area contributed by atoms with Crippen molar-refractivity contribution in [3.63, 3.8) is 0 Å². The highest BCUT2D eigenvalue weighted by Crippen LogP contribution is 2.26. The zero-order valence-corrected chi connectivity index (χ0v) is 15.8. The van der Waals surface area contributed by atoms with E-state index in [2.05, 4.69) is 22.3 Å². The molecule has 1 aliphatic rings. The van der Waals surface area contributed by atoms with Crippen LogP contribution in [0.2, 0.25) is 0 Å². The minimum Gasteiger partial charge on any atom is -0.452 e. The Kier molecular flexibility index (Phi) is 5.07. The molecule has 4 rings (SSSR count). The number of aryl methyl sites for hydroxylation is 2. The van der Waals surface area contributed by atoms with E-state index in [1.165, 1.54) is 35.4 Å². The fraction of sp³-hybridized carbons (Fsp3) is 0.286. The second-order valence-electron chi connectivity index (χ2n) is 7.01. The summed E-state index contributed by atoms with van der Waals surface area (Å²) in [4.78, 5) is 22.6. The van der Waals surface area contributed by atoms with E-state index in [1.54, 1.807) is 6.92 Å². The SMILES string of the molecule is C[C@@H](OC(=O)Cc1ccc2c(c1)CCC2)c1nnc(-c2ccc([N+](=O)[O-])cc2)o1. The second kappa shape index (κ2) is 7.83. The number of carbonyl (C=O) groups excluding carboxylic acids is 1. The average molecular weight is 393 g/mol. The van der Waals surface area contributed by atoms with Gasteiger partial charge in [-0.25, -0.2) is 0 Å². The van der Waals surface area contributed by atoms with Gasteiger partial charge in [0.25, 0.3) is 11.6 Å².